The molecule has 8 heteroatoms. The third-order valence-corrected chi connectivity index (χ3v) is 5.13. The van der Waals surface area contributed by atoms with Crippen molar-refractivity contribution in [3.63, 3.8) is 0 Å². The van der Waals surface area contributed by atoms with E-state index in [0.29, 0.717) is 10.0 Å². The number of hydrogen-bond donors (Lipinski definition) is 1. The number of carbonyl (C=O) groups is 1. The summed E-state index contributed by atoms with van der Waals surface area (Å²) < 4.78 is 4.85. The summed E-state index contributed by atoms with van der Waals surface area (Å²) in [6.45, 7) is 5.23. The highest BCUT2D eigenvalue weighted by molar-refractivity contribution is 14.0. The van der Waals surface area contributed by atoms with Gasteiger partial charge in [-0.3, -0.25) is 9.79 Å². The summed E-state index contributed by atoms with van der Waals surface area (Å²) in [5.41, 5.74) is 1.09. The normalized spacial score (nSPS) is 15.3. The van der Waals surface area contributed by atoms with Gasteiger partial charge in [-0.2, -0.15) is 0 Å². The lowest BCUT2D eigenvalue weighted by molar-refractivity contribution is -0.146. The van der Waals surface area contributed by atoms with Crippen LogP contribution in [0.25, 0.3) is 0 Å². The topological polar surface area (TPSA) is 53.9 Å². The molecule has 1 aromatic carbocycles. The molecule has 1 N–H and O–H groups in total. The summed E-state index contributed by atoms with van der Waals surface area (Å²) in [6.07, 6.45) is 3.38. The molecule has 0 spiro atoms. The van der Waals surface area contributed by atoms with Crippen molar-refractivity contribution in [2.45, 2.75) is 32.6 Å². The fourth-order valence-electron chi connectivity index (χ4n) is 3.10. The van der Waals surface area contributed by atoms with Crippen molar-refractivity contribution in [1.29, 1.82) is 0 Å². The molecule has 1 saturated heterocycles. The highest BCUT2D eigenvalue weighted by Gasteiger charge is 2.26. The van der Waals surface area contributed by atoms with E-state index in [1.54, 1.807) is 6.07 Å². The van der Waals surface area contributed by atoms with Gasteiger partial charge in [0.25, 0.3) is 0 Å². The Morgan fingerprint density at radius 2 is 2.04 bits per heavy atom. The first-order valence-electron chi connectivity index (χ1n) is 9.10. The zero-order valence-electron chi connectivity index (χ0n) is 15.8. The standard InChI is InChI=1S/C19H27Cl2N3O2.HI/c1-3-22-19(24-11-8-15(9-12-24)18(25)26-2)23-10-4-5-14-6-7-16(20)13-17(14)21;/h6-7,13,15H,3-5,8-12H2,1-2H3,(H,22,23);1H. The Morgan fingerprint density at radius 3 is 2.63 bits per heavy atom. The lowest BCUT2D eigenvalue weighted by Gasteiger charge is -2.33. The SMILES string of the molecule is CCNC(=NCCCc1ccc(Cl)cc1Cl)N1CCC(C(=O)OC)CC1.I. The number of guanidine groups is 1. The number of piperidine rings is 1. The van der Waals surface area contributed by atoms with E-state index < -0.39 is 0 Å². The lowest BCUT2D eigenvalue weighted by Crippen LogP contribution is -2.46. The van der Waals surface area contributed by atoms with Gasteiger partial charge in [0.05, 0.1) is 13.0 Å². The monoisotopic (exact) mass is 527 g/mol. The average Bonchev–Trinajstić information content (AvgIpc) is 2.65. The molecule has 1 heterocycles. The first-order chi connectivity index (χ1) is 12.5. The number of ether oxygens (including phenoxy) is 1. The van der Waals surface area contributed by atoms with Crippen molar-refractivity contribution in [3.05, 3.63) is 33.8 Å². The van der Waals surface area contributed by atoms with Crippen LogP contribution < -0.4 is 5.32 Å². The number of aliphatic imine (C=N–C) groups is 1. The van der Waals surface area contributed by atoms with Crippen LogP contribution in [-0.2, 0) is 16.0 Å². The van der Waals surface area contributed by atoms with Crippen LogP contribution in [0.3, 0.4) is 0 Å². The number of hydrogen-bond acceptors (Lipinski definition) is 3. The molecular weight excluding hydrogens is 500 g/mol. The minimum Gasteiger partial charge on any atom is -0.469 e. The van der Waals surface area contributed by atoms with Crippen LogP contribution in [-0.4, -0.2) is 50.1 Å². The van der Waals surface area contributed by atoms with Crippen LogP contribution >= 0.6 is 47.2 Å². The Kier molecular flexibility index (Phi) is 11.4. The zero-order valence-corrected chi connectivity index (χ0v) is 19.7. The number of nitrogens with zero attached hydrogens (tertiary/aromatic N) is 2. The van der Waals surface area contributed by atoms with Crippen LogP contribution in [0.15, 0.2) is 23.2 Å². The number of methoxy groups -OCH3 is 1. The van der Waals surface area contributed by atoms with Crippen LogP contribution in [0.4, 0.5) is 0 Å². The van der Waals surface area contributed by atoms with Crippen LogP contribution in [0, 0.1) is 5.92 Å². The van der Waals surface area contributed by atoms with E-state index in [9.17, 15) is 4.79 Å². The maximum absolute atomic E-state index is 11.7. The van der Waals surface area contributed by atoms with E-state index in [-0.39, 0.29) is 35.9 Å². The molecule has 1 fully saturated rings. The Labute approximate surface area is 188 Å². The minimum absolute atomic E-state index is 0. The Bertz CT molecular complexity index is 635. The number of benzene rings is 1. The first kappa shape index (κ1) is 24.3. The molecule has 0 saturated carbocycles. The molecule has 1 aliphatic rings. The fraction of sp³-hybridized carbons (Fsp3) is 0.579. The smallest absolute Gasteiger partial charge is 0.308 e. The minimum atomic E-state index is -0.105. The predicted molar refractivity (Wildman–Crippen MR) is 122 cm³/mol. The van der Waals surface area contributed by atoms with Gasteiger partial charge in [-0.25, -0.2) is 0 Å². The highest BCUT2D eigenvalue weighted by atomic mass is 127. The summed E-state index contributed by atoms with van der Waals surface area (Å²) in [6, 6.07) is 5.61. The van der Waals surface area contributed by atoms with Crippen molar-refractivity contribution in [2.75, 3.05) is 33.3 Å². The molecule has 27 heavy (non-hydrogen) atoms. The van der Waals surface area contributed by atoms with E-state index in [4.69, 9.17) is 32.9 Å². The second-order valence-corrected chi connectivity index (χ2v) is 7.20. The molecule has 0 bridgehead atoms. The molecule has 0 atom stereocenters. The maximum Gasteiger partial charge on any atom is 0.308 e. The largest absolute Gasteiger partial charge is 0.469 e. The number of rotatable bonds is 6. The average molecular weight is 528 g/mol. The predicted octanol–water partition coefficient (Wildman–Crippen LogP) is 4.39. The van der Waals surface area contributed by atoms with Crippen LogP contribution in [0.2, 0.25) is 10.0 Å². The first-order valence-corrected chi connectivity index (χ1v) is 9.85. The van der Waals surface area contributed by atoms with Gasteiger partial charge in [-0.05, 0) is 50.3 Å². The summed E-state index contributed by atoms with van der Waals surface area (Å²) in [4.78, 5) is 18.6. The molecule has 0 aliphatic carbocycles. The van der Waals surface area contributed by atoms with Crippen molar-refractivity contribution in [2.24, 2.45) is 10.9 Å². The second-order valence-electron chi connectivity index (χ2n) is 6.36. The Hall–Kier alpha value is -0.730. The molecular formula is C19H28Cl2IN3O2. The van der Waals surface area contributed by atoms with Gasteiger partial charge in [-0.1, -0.05) is 29.3 Å². The van der Waals surface area contributed by atoms with E-state index in [0.717, 1.165) is 63.4 Å². The number of likely N-dealkylation sites (tertiary alicyclic amines) is 1. The van der Waals surface area contributed by atoms with E-state index in [1.165, 1.54) is 7.11 Å². The van der Waals surface area contributed by atoms with E-state index >= 15 is 0 Å². The number of halogens is 3. The number of carbonyl (C=O) groups excluding carboxylic acids is 1. The van der Waals surface area contributed by atoms with E-state index in [1.807, 2.05) is 12.1 Å². The molecule has 1 aromatic rings. The second kappa shape index (κ2) is 12.7. The van der Waals surface area contributed by atoms with Crippen molar-refractivity contribution < 1.29 is 9.53 Å². The summed E-state index contributed by atoms with van der Waals surface area (Å²) in [5, 5.41) is 4.71. The van der Waals surface area contributed by atoms with Gasteiger partial charge >= 0.3 is 5.97 Å². The molecule has 0 radical (unpaired) electrons. The Morgan fingerprint density at radius 1 is 1.33 bits per heavy atom. The van der Waals surface area contributed by atoms with Crippen LogP contribution in [0.1, 0.15) is 31.7 Å². The molecule has 0 unspecified atom stereocenters. The number of esters is 1. The van der Waals surface area contributed by atoms with Gasteiger partial charge in [0.15, 0.2) is 5.96 Å². The van der Waals surface area contributed by atoms with Crippen molar-refractivity contribution >= 4 is 59.1 Å². The van der Waals surface area contributed by atoms with Crippen molar-refractivity contribution in [1.82, 2.24) is 10.2 Å². The highest BCUT2D eigenvalue weighted by Crippen LogP contribution is 2.22. The zero-order chi connectivity index (χ0) is 18.9. The maximum atomic E-state index is 11.7. The summed E-state index contributed by atoms with van der Waals surface area (Å²) >= 11 is 12.1. The quantitative estimate of drug-likeness (QED) is 0.196. The van der Waals surface area contributed by atoms with Gasteiger partial charge in [0, 0.05) is 36.2 Å². The Balaban J connectivity index is 0.00000364. The van der Waals surface area contributed by atoms with E-state index in [2.05, 4.69) is 17.1 Å². The van der Waals surface area contributed by atoms with Crippen LogP contribution in [0.5, 0.6) is 0 Å². The molecule has 5 nitrogen and oxygen atoms in total. The third kappa shape index (κ3) is 7.66. The van der Waals surface area contributed by atoms with Gasteiger partial charge in [0.2, 0.25) is 0 Å². The number of aryl methyl sites for hydroxylation is 1. The fourth-order valence-corrected chi connectivity index (χ4v) is 3.60. The molecule has 2 rings (SSSR count). The number of nitrogens with one attached hydrogen (secondary N) is 1. The van der Waals surface area contributed by atoms with Gasteiger partial charge in [0.1, 0.15) is 0 Å². The third-order valence-electron chi connectivity index (χ3n) is 4.54. The summed E-state index contributed by atoms with van der Waals surface area (Å²) in [5.74, 6) is 0.815. The molecule has 152 valence electrons. The van der Waals surface area contributed by atoms with Gasteiger partial charge < -0.3 is 15.0 Å². The molecule has 0 aromatic heterocycles. The van der Waals surface area contributed by atoms with Gasteiger partial charge in [-0.15, -0.1) is 24.0 Å². The summed E-state index contributed by atoms with van der Waals surface area (Å²) in [7, 11) is 1.45. The molecule has 0 amide bonds. The lowest BCUT2D eigenvalue weighted by atomic mass is 9.97. The van der Waals surface area contributed by atoms with Crippen molar-refractivity contribution in [3.8, 4) is 0 Å². The molecule has 1 aliphatic heterocycles.